The van der Waals surface area contributed by atoms with Crippen molar-refractivity contribution in [2.45, 2.75) is 46.3 Å². The smallest absolute Gasteiger partial charge is 0.0878 e. The molecular formula is C13H20O. The average molecular weight is 192 g/mol. The summed E-state index contributed by atoms with van der Waals surface area (Å²) in [6.45, 7) is 10.4. The molecule has 1 rings (SSSR count). The van der Waals surface area contributed by atoms with Gasteiger partial charge in [-0.2, -0.15) is 0 Å². The SMILES string of the molecule is Cc1ccc(C(C)(C)OC(C)C)cc1. The fourth-order valence-corrected chi connectivity index (χ4v) is 1.61. The molecule has 0 aromatic heterocycles. The first-order valence-corrected chi connectivity index (χ1v) is 5.17. The van der Waals surface area contributed by atoms with Crippen LogP contribution in [0.15, 0.2) is 24.3 Å². The zero-order chi connectivity index (χ0) is 10.8. The number of rotatable bonds is 3. The van der Waals surface area contributed by atoms with Gasteiger partial charge >= 0.3 is 0 Å². The summed E-state index contributed by atoms with van der Waals surface area (Å²) in [5.41, 5.74) is 2.33. The van der Waals surface area contributed by atoms with Crippen molar-refractivity contribution >= 4 is 0 Å². The zero-order valence-electron chi connectivity index (χ0n) is 9.79. The summed E-state index contributed by atoms with van der Waals surface area (Å²) in [6, 6.07) is 8.52. The number of benzene rings is 1. The van der Waals surface area contributed by atoms with E-state index in [0.29, 0.717) is 0 Å². The molecule has 0 aliphatic rings. The Labute approximate surface area is 87.1 Å². The van der Waals surface area contributed by atoms with E-state index in [1.54, 1.807) is 0 Å². The molecule has 1 heteroatoms. The van der Waals surface area contributed by atoms with Crippen molar-refractivity contribution in [1.82, 2.24) is 0 Å². The van der Waals surface area contributed by atoms with Crippen LogP contribution in [0.4, 0.5) is 0 Å². The maximum atomic E-state index is 5.86. The second-order valence-electron chi connectivity index (χ2n) is 4.54. The van der Waals surface area contributed by atoms with Gasteiger partial charge in [0.2, 0.25) is 0 Å². The fraction of sp³-hybridized carbons (Fsp3) is 0.538. The van der Waals surface area contributed by atoms with Gasteiger partial charge in [0.25, 0.3) is 0 Å². The fourth-order valence-electron chi connectivity index (χ4n) is 1.61. The van der Waals surface area contributed by atoms with Gasteiger partial charge in [0.1, 0.15) is 0 Å². The second-order valence-corrected chi connectivity index (χ2v) is 4.54. The lowest BCUT2D eigenvalue weighted by atomic mass is 9.97. The number of hydrogen-bond acceptors (Lipinski definition) is 1. The number of aryl methyl sites for hydroxylation is 1. The Morgan fingerprint density at radius 2 is 1.57 bits per heavy atom. The average Bonchev–Trinajstić information content (AvgIpc) is 2.02. The highest BCUT2D eigenvalue weighted by Crippen LogP contribution is 2.26. The van der Waals surface area contributed by atoms with Crippen LogP contribution in [-0.2, 0) is 10.3 Å². The summed E-state index contributed by atoms with van der Waals surface area (Å²) in [5, 5.41) is 0. The molecule has 1 nitrogen and oxygen atoms in total. The topological polar surface area (TPSA) is 9.23 Å². The quantitative estimate of drug-likeness (QED) is 0.710. The molecule has 0 bridgehead atoms. The van der Waals surface area contributed by atoms with Crippen molar-refractivity contribution in [3.05, 3.63) is 35.4 Å². The minimum atomic E-state index is -0.193. The Hall–Kier alpha value is -0.820. The standard InChI is InChI=1S/C13H20O/c1-10(2)14-13(4,5)12-8-6-11(3)7-9-12/h6-10H,1-5H3. The molecule has 0 amide bonds. The maximum absolute atomic E-state index is 5.86. The third-order valence-electron chi connectivity index (χ3n) is 2.28. The first kappa shape index (κ1) is 11.3. The molecule has 0 aliphatic carbocycles. The first-order chi connectivity index (χ1) is 6.42. The minimum absolute atomic E-state index is 0.193. The van der Waals surface area contributed by atoms with Gasteiger partial charge in [-0.05, 0) is 40.2 Å². The molecule has 0 saturated carbocycles. The van der Waals surface area contributed by atoms with Crippen LogP contribution in [-0.4, -0.2) is 6.10 Å². The van der Waals surface area contributed by atoms with Crippen LogP contribution in [0.2, 0.25) is 0 Å². The van der Waals surface area contributed by atoms with Crippen LogP contribution in [0.3, 0.4) is 0 Å². The zero-order valence-corrected chi connectivity index (χ0v) is 9.79. The molecule has 0 N–H and O–H groups in total. The lowest BCUT2D eigenvalue weighted by Gasteiger charge is -2.28. The van der Waals surface area contributed by atoms with E-state index in [0.717, 1.165) is 0 Å². The van der Waals surface area contributed by atoms with E-state index in [1.807, 2.05) is 0 Å². The molecule has 0 spiro atoms. The predicted molar refractivity (Wildman–Crippen MR) is 60.4 cm³/mol. The Bertz CT molecular complexity index is 283. The van der Waals surface area contributed by atoms with Crippen molar-refractivity contribution < 1.29 is 4.74 Å². The molecule has 0 radical (unpaired) electrons. The third-order valence-corrected chi connectivity index (χ3v) is 2.28. The minimum Gasteiger partial charge on any atom is -0.368 e. The van der Waals surface area contributed by atoms with Crippen molar-refractivity contribution in [2.75, 3.05) is 0 Å². The van der Waals surface area contributed by atoms with Crippen LogP contribution in [0.5, 0.6) is 0 Å². The van der Waals surface area contributed by atoms with Gasteiger partial charge in [0, 0.05) is 0 Å². The van der Waals surface area contributed by atoms with E-state index in [2.05, 4.69) is 58.9 Å². The van der Waals surface area contributed by atoms with E-state index in [-0.39, 0.29) is 11.7 Å². The lowest BCUT2D eigenvalue weighted by molar-refractivity contribution is -0.0600. The van der Waals surface area contributed by atoms with Gasteiger partial charge < -0.3 is 4.74 Å². The summed E-state index contributed by atoms with van der Waals surface area (Å²) in [5.74, 6) is 0. The highest BCUT2D eigenvalue weighted by Gasteiger charge is 2.21. The van der Waals surface area contributed by atoms with Gasteiger partial charge in [-0.1, -0.05) is 29.8 Å². The third kappa shape index (κ3) is 2.85. The van der Waals surface area contributed by atoms with E-state index in [4.69, 9.17) is 4.74 Å². The molecule has 0 fully saturated rings. The van der Waals surface area contributed by atoms with Gasteiger partial charge in [-0.25, -0.2) is 0 Å². The molecule has 0 unspecified atom stereocenters. The predicted octanol–water partition coefficient (Wildman–Crippen LogP) is 3.66. The van der Waals surface area contributed by atoms with Crippen LogP contribution in [0.25, 0.3) is 0 Å². The molecule has 1 aromatic carbocycles. The first-order valence-electron chi connectivity index (χ1n) is 5.17. The van der Waals surface area contributed by atoms with E-state index >= 15 is 0 Å². The second kappa shape index (κ2) is 4.14. The van der Waals surface area contributed by atoms with Gasteiger partial charge in [-0.15, -0.1) is 0 Å². The van der Waals surface area contributed by atoms with Gasteiger partial charge in [-0.3, -0.25) is 0 Å². The summed E-state index contributed by atoms with van der Waals surface area (Å²) in [4.78, 5) is 0. The summed E-state index contributed by atoms with van der Waals surface area (Å²) in [6.07, 6.45) is 0.256. The van der Waals surface area contributed by atoms with Crippen molar-refractivity contribution in [3.8, 4) is 0 Å². The maximum Gasteiger partial charge on any atom is 0.0878 e. The Morgan fingerprint density at radius 3 is 2.00 bits per heavy atom. The number of hydrogen-bond donors (Lipinski definition) is 0. The Morgan fingerprint density at radius 1 is 1.07 bits per heavy atom. The number of ether oxygens (including phenoxy) is 1. The van der Waals surface area contributed by atoms with Gasteiger partial charge in [0.05, 0.1) is 11.7 Å². The van der Waals surface area contributed by atoms with E-state index in [1.165, 1.54) is 11.1 Å². The summed E-state index contributed by atoms with van der Waals surface area (Å²) < 4.78 is 5.86. The summed E-state index contributed by atoms with van der Waals surface area (Å²) >= 11 is 0. The van der Waals surface area contributed by atoms with Crippen molar-refractivity contribution in [3.63, 3.8) is 0 Å². The van der Waals surface area contributed by atoms with Gasteiger partial charge in [0.15, 0.2) is 0 Å². The summed E-state index contributed by atoms with van der Waals surface area (Å²) in [7, 11) is 0. The molecule has 0 aliphatic heterocycles. The molecule has 14 heavy (non-hydrogen) atoms. The highest BCUT2D eigenvalue weighted by molar-refractivity contribution is 5.25. The van der Waals surface area contributed by atoms with Crippen LogP contribution in [0, 0.1) is 6.92 Å². The van der Waals surface area contributed by atoms with Crippen LogP contribution >= 0.6 is 0 Å². The molecule has 0 saturated heterocycles. The lowest BCUT2D eigenvalue weighted by Crippen LogP contribution is -2.25. The largest absolute Gasteiger partial charge is 0.368 e. The normalized spacial score (nSPS) is 12.1. The van der Waals surface area contributed by atoms with Crippen LogP contribution < -0.4 is 0 Å². The van der Waals surface area contributed by atoms with Crippen molar-refractivity contribution in [2.24, 2.45) is 0 Å². The highest BCUT2D eigenvalue weighted by atomic mass is 16.5. The van der Waals surface area contributed by atoms with E-state index < -0.39 is 0 Å². The Kier molecular flexibility index (Phi) is 3.33. The van der Waals surface area contributed by atoms with Crippen LogP contribution in [0.1, 0.15) is 38.8 Å². The molecule has 0 heterocycles. The monoisotopic (exact) mass is 192 g/mol. The molecule has 78 valence electrons. The van der Waals surface area contributed by atoms with Crippen molar-refractivity contribution in [1.29, 1.82) is 0 Å². The molecule has 0 atom stereocenters. The molecular weight excluding hydrogens is 172 g/mol. The Balaban J connectivity index is 2.86. The van der Waals surface area contributed by atoms with E-state index in [9.17, 15) is 0 Å². The molecule has 1 aromatic rings.